The van der Waals surface area contributed by atoms with Gasteiger partial charge in [-0.15, -0.1) is 0 Å². The fraction of sp³-hybridized carbons (Fsp3) is 0. The molecule has 0 heterocycles. The van der Waals surface area contributed by atoms with Gasteiger partial charge in [-0.3, -0.25) is 0 Å². The van der Waals surface area contributed by atoms with E-state index in [0.717, 1.165) is 0 Å². The van der Waals surface area contributed by atoms with E-state index in [2.05, 4.69) is 0 Å². The summed E-state index contributed by atoms with van der Waals surface area (Å²) in [4.78, 5) is 14.3. The molecule has 0 saturated heterocycles. The van der Waals surface area contributed by atoms with Crippen LogP contribution in [-0.2, 0) is 0 Å². The van der Waals surface area contributed by atoms with Gasteiger partial charge in [0.05, 0.1) is 0 Å². The van der Waals surface area contributed by atoms with Gasteiger partial charge in [-0.25, -0.2) is 0 Å². The first-order valence-corrected chi connectivity index (χ1v) is 1.34. The molecule has 0 aliphatic heterocycles. The quantitative estimate of drug-likeness (QED) is 0.302. The standard InChI is InChI=1S/K.H3O2P.H/c;1-3-2;/h;1-3H;. The van der Waals surface area contributed by atoms with Crippen LogP contribution in [0.15, 0.2) is 0 Å². The van der Waals surface area contributed by atoms with Crippen molar-refractivity contribution in [1.29, 1.82) is 0 Å². The zero-order valence-corrected chi connectivity index (χ0v) is 2.39. The normalized spacial score (nSPS) is 4.50. The molecule has 0 aromatic heterocycles. The fourth-order valence-electron chi connectivity index (χ4n) is 0. The van der Waals surface area contributed by atoms with Crippen LogP contribution in [0.3, 0.4) is 0 Å². The van der Waals surface area contributed by atoms with Crippen molar-refractivity contribution in [3.05, 3.63) is 0 Å². The Kier molecular flexibility index (Phi) is 20.8. The summed E-state index contributed by atoms with van der Waals surface area (Å²) in [5.41, 5.74) is 0. The number of hydrogen-bond acceptors (Lipinski definition) is 2. The molecule has 0 radical (unpaired) electrons. The van der Waals surface area contributed by atoms with E-state index in [1.54, 1.807) is 0 Å². The first-order chi connectivity index (χ1) is 1.41. The van der Waals surface area contributed by atoms with E-state index in [9.17, 15) is 0 Å². The van der Waals surface area contributed by atoms with Crippen LogP contribution < -0.4 is 0 Å². The molecule has 2 N–H and O–H groups in total. The van der Waals surface area contributed by atoms with Crippen LogP contribution in [0.2, 0.25) is 0 Å². The molecule has 4 heavy (non-hydrogen) atoms. The van der Waals surface area contributed by atoms with Crippen molar-refractivity contribution >= 4 is 60.4 Å². The van der Waals surface area contributed by atoms with Crippen LogP contribution >= 0.6 is 9.03 Å². The maximum absolute atomic E-state index is 7.15. The summed E-state index contributed by atoms with van der Waals surface area (Å²) >= 11 is 0. The van der Waals surface area contributed by atoms with Crippen molar-refractivity contribution in [2.24, 2.45) is 0 Å². The van der Waals surface area contributed by atoms with E-state index in [4.69, 9.17) is 9.79 Å². The van der Waals surface area contributed by atoms with E-state index < -0.39 is 9.03 Å². The van der Waals surface area contributed by atoms with Crippen molar-refractivity contribution in [3.63, 3.8) is 0 Å². The minimum atomic E-state index is -0.917. The van der Waals surface area contributed by atoms with Crippen molar-refractivity contribution in [3.8, 4) is 0 Å². The molecule has 0 spiro atoms. The van der Waals surface area contributed by atoms with E-state index in [1.807, 2.05) is 0 Å². The Morgan fingerprint density at radius 3 is 1.25 bits per heavy atom. The Bertz CT molecular complexity index is 6.00. The molecule has 2 nitrogen and oxygen atoms in total. The molecular weight excluding hydrogens is 102 g/mol. The molecule has 0 aliphatic rings. The van der Waals surface area contributed by atoms with E-state index in [-0.39, 0.29) is 51.4 Å². The average Bonchev–Trinajstić information content (AvgIpc) is 0.918. The third-order valence-corrected chi connectivity index (χ3v) is 0. The molecule has 0 rings (SSSR count). The number of rotatable bonds is 0. The minimum absolute atomic E-state index is 0. The Labute approximate surface area is 69.0 Å². The van der Waals surface area contributed by atoms with Crippen molar-refractivity contribution < 1.29 is 9.79 Å². The summed E-state index contributed by atoms with van der Waals surface area (Å²) in [6.45, 7) is 0. The zero-order chi connectivity index (χ0) is 2.71. The molecule has 22 valence electrons. The second-order valence-electron chi connectivity index (χ2n) is 0.100. The molecule has 4 heteroatoms. The molecule has 0 unspecified atom stereocenters. The van der Waals surface area contributed by atoms with Crippen molar-refractivity contribution in [2.45, 2.75) is 0 Å². The fourth-order valence-corrected chi connectivity index (χ4v) is 0. The molecule has 0 fully saturated rings. The van der Waals surface area contributed by atoms with Crippen LogP contribution in [0.5, 0.6) is 0 Å². The SMILES string of the molecule is OPO.[KH]. The predicted molar refractivity (Wildman–Crippen MR) is 19.9 cm³/mol. The van der Waals surface area contributed by atoms with Crippen LogP contribution in [0.4, 0.5) is 0 Å². The summed E-state index contributed by atoms with van der Waals surface area (Å²) in [6, 6.07) is 0. The summed E-state index contributed by atoms with van der Waals surface area (Å²) in [5, 5.41) is 0. The zero-order valence-electron chi connectivity index (χ0n) is 1.39. The van der Waals surface area contributed by atoms with E-state index in [0.29, 0.717) is 0 Å². The summed E-state index contributed by atoms with van der Waals surface area (Å²) < 4.78 is 0. The Hall–Kier alpha value is 1.99. The van der Waals surface area contributed by atoms with Gasteiger partial charge in [0.2, 0.25) is 0 Å². The van der Waals surface area contributed by atoms with Gasteiger partial charge in [0, 0.05) is 0 Å². The van der Waals surface area contributed by atoms with Gasteiger partial charge in [0.1, 0.15) is 9.03 Å². The molecular formula is H4KO2P. The van der Waals surface area contributed by atoms with Crippen LogP contribution in [0.25, 0.3) is 0 Å². The van der Waals surface area contributed by atoms with Crippen molar-refractivity contribution in [2.75, 3.05) is 0 Å². The molecule has 0 bridgehead atoms. The second kappa shape index (κ2) is 8.88. The maximum atomic E-state index is 7.15. The van der Waals surface area contributed by atoms with Gasteiger partial charge in [-0.05, 0) is 0 Å². The Morgan fingerprint density at radius 2 is 1.25 bits per heavy atom. The molecule has 0 saturated carbocycles. The van der Waals surface area contributed by atoms with Crippen LogP contribution in [0, 0.1) is 0 Å². The number of hydrogen-bond donors (Lipinski definition) is 2. The monoisotopic (exact) mass is 106 g/mol. The summed E-state index contributed by atoms with van der Waals surface area (Å²) in [6.07, 6.45) is 0. The van der Waals surface area contributed by atoms with E-state index in [1.165, 1.54) is 0 Å². The third-order valence-electron chi connectivity index (χ3n) is 0. The van der Waals surface area contributed by atoms with Crippen LogP contribution in [0.1, 0.15) is 0 Å². The summed E-state index contributed by atoms with van der Waals surface area (Å²) in [5.74, 6) is 0. The Morgan fingerprint density at radius 1 is 1.25 bits per heavy atom. The first-order valence-electron chi connectivity index (χ1n) is 0.447. The molecule has 0 aromatic carbocycles. The van der Waals surface area contributed by atoms with Gasteiger partial charge >= 0.3 is 51.4 Å². The topological polar surface area (TPSA) is 40.5 Å². The Balaban J connectivity index is 0. The molecule has 0 amide bonds. The van der Waals surface area contributed by atoms with E-state index >= 15 is 0 Å². The second-order valence-corrected chi connectivity index (χ2v) is 0.300. The van der Waals surface area contributed by atoms with Gasteiger partial charge in [-0.1, -0.05) is 0 Å². The summed E-state index contributed by atoms with van der Waals surface area (Å²) in [7, 11) is -0.917. The van der Waals surface area contributed by atoms with Gasteiger partial charge in [0.15, 0.2) is 0 Å². The van der Waals surface area contributed by atoms with Crippen molar-refractivity contribution in [1.82, 2.24) is 0 Å². The first kappa shape index (κ1) is 9.37. The molecule has 0 aromatic rings. The van der Waals surface area contributed by atoms with Gasteiger partial charge in [0.25, 0.3) is 0 Å². The predicted octanol–water partition coefficient (Wildman–Crippen LogP) is -1.17. The van der Waals surface area contributed by atoms with Gasteiger partial charge < -0.3 is 9.79 Å². The van der Waals surface area contributed by atoms with Crippen LogP contribution in [-0.4, -0.2) is 61.2 Å². The molecule has 0 atom stereocenters. The molecule has 0 aliphatic carbocycles. The van der Waals surface area contributed by atoms with Gasteiger partial charge in [-0.2, -0.15) is 0 Å². The average molecular weight is 106 g/mol. The third kappa shape index (κ3) is 9.01.